The van der Waals surface area contributed by atoms with E-state index >= 15 is 0 Å². The Morgan fingerprint density at radius 1 is 0.905 bits per heavy atom. The number of rotatable bonds is 2. The van der Waals surface area contributed by atoms with Crippen LogP contribution < -0.4 is 0 Å². The van der Waals surface area contributed by atoms with Crippen molar-refractivity contribution in [3.63, 3.8) is 0 Å². The standard InChI is InChI=1S/C18H31NO2/c1-4-10-19(11-5-1)13-17-14-20-18(21-17)9-8-15-6-2-3-7-16(15)12-18/h15-17H,1-14H2/t15-,16+,17+,18-/m1/s1. The molecule has 4 fully saturated rings. The molecule has 4 aliphatic rings. The smallest absolute Gasteiger partial charge is 0.169 e. The van der Waals surface area contributed by atoms with E-state index in [0.29, 0.717) is 6.10 Å². The molecule has 2 saturated carbocycles. The molecule has 3 nitrogen and oxygen atoms in total. The lowest BCUT2D eigenvalue weighted by Crippen LogP contribution is -2.43. The van der Waals surface area contributed by atoms with Gasteiger partial charge in [-0.15, -0.1) is 0 Å². The van der Waals surface area contributed by atoms with Crippen molar-refractivity contribution in [1.29, 1.82) is 0 Å². The van der Waals surface area contributed by atoms with Crippen LogP contribution in [0.25, 0.3) is 0 Å². The van der Waals surface area contributed by atoms with Gasteiger partial charge in [-0.3, -0.25) is 0 Å². The molecule has 0 amide bonds. The average molecular weight is 293 g/mol. The Bertz CT molecular complexity index is 355. The summed E-state index contributed by atoms with van der Waals surface area (Å²) in [6, 6.07) is 0. The molecule has 2 heterocycles. The predicted molar refractivity (Wildman–Crippen MR) is 83.1 cm³/mol. The second-order valence-electron chi connectivity index (χ2n) is 7.87. The molecule has 4 atom stereocenters. The lowest BCUT2D eigenvalue weighted by atomic mass is 9.69. The Morgan fingerprint density at radius 2 is 1.71 bits per heavy atom. The highest BCUT2D eigenvalue weighted by atomic mass is 16.7. The molecule has 21 heavy (non-hydrogen) atoms. The lowest BCUT2D eigenvalue weighted by Gasteiger charge is -2.43. The van der Waals surface area contributed by atoms with Crippen LogP contribution in [-0.2, 0) is 9.47 Å². The molecule has 1 spiro atoms. The van der Waals surface area contributed by atoms with Crippen LogP contribution >= 0.6 is 0 Å². The molecule has 2 aliphatic heterocycles. The van der Waals surface area contributed by atoms with Crippen molar-refractivity contribution in [3.05, 3.63) is 0 Å². The largest absolute Gasteiger partial charge is 0.347 e. The van der Waals surface area contributed by atoms with E-state index in [1.165, 1.54) is 70.9 Å². The van der Waals surface area contributed by atoms with Crippen LogP contribution in [0.1, 0.15) is 64.2 Å². The van der Waals surface area contributed by atoms with Crippen molar-refractivity contribution in [1.82, 2.24) is 4.90 Å². The summed E-state index contributed by atoms with van der Waals surface area (Å²) in [5.74, 6) is 1.65. The first-order chi connectivity index (χ1) is 10.3. The second kappa shape index (κ2) is 6.17. The zero-order valence-corrected chi connectivity index (χ0v) is 13.4. The van der Waals surface area contributed by atoms with Crippen LogP contribution in [0.3, 0.4) is 0 Å². The third-order valence-electron chi connectivity index (χ3n) is 6.36. The van der Waals surface area contributed by atoms with Gasteiger partial charge < -0.3 is 14.4 Å². The van der Waals surface area contributed by atoms with E-state index in [1.54, 1.807) is 0 Å². The van der Waals surface area contributed by atoms with Crippen molar-refractivity contribution in [2.24, 2.45) is 11.8 Å². The Kier molecular flexibility index (Phi) is 4.25. The monoisotopic (exact) mass is 293 g/mol. The Labute approximate surface area is 129 Å². The summed E-state index contributed by atoms with van der Waals surface area (Å²) in [4.78, 5) is 2.59. The quantitative estimate of drug-likeness (QED) is 0.777. The van der Waals surface area contributed by atoms with Gasteiger partial charge in [0.2, 0.25) is 0 Å². The summed E-state index contributed by atoms with van der Waals surface area (Å²) in [6.45, 7) is 4.44. The van der Waals surface area contributed by atoms with Gasteiger partial charge in [-0.2, -0.15) is 0 Å². The first-order valence-corrected chi connectivity index (χ1v) is 9.37. The summed E-state index contributed by atoms with van der Waals surface area (Å²) in [6.07, 6.45) is 13.9. The van der Waals surface area contributed by atoms with Gasteiger partial charge >= 0.3 is 0 Å². The minimum atomic E-state index is -0.195. The van der Waals surface area contributed by atoms with Gasteiger partial charge in [0.1, 0.15) is 0 Å². The maximum atomic E-state index is 6.48. The fourth-order valence-electron chi connectivity index (χ4n) is 5.21. The first kappa shape index (κ1) is 14.5. The van der Waals surface area contributed by atoms with E-state index in [4.69, 9.17) is 9.47 Å². The molecule has 0 N–H and O–H groups in total. The van der Waals surface area contributed by atoms with E-state index < -0.39 is 0 Å². The molecule has 0 unspecified atom stereocenters. The summed E-state index contributed by atoms with van der Waals surface area (Å²) < 4.78 is 12.7. The molecule has 2 aliphatic carbocycles. The molecule has 0 aromatic carbocycles. The third kappa shape index (κ3) is 3.16. The van der Waals surface area contributed by atoms with Gasteiger partial charge in [-0.25, -0.2) is 0 Å². The van der Waals surface area contributed by atoms with Gasteiger partial charge in [-0.1, -0.05) is 25.7 Å². The number of piperidine rings is 1. The summed E-state index contributed by atoms with van der Waals surface area (Å²) >= 11 is 0. The molecule has 2 saturated heterocycles. The minimum absolute atomic E-state index is 0.195. The van der Waals surface area contributed by atoms with Gasteiger partial charge in [0.05, 0.1) is 12.7 Å². The topological polar surface area (TPSA) is 21.7 Å². The highest BCUT2D eigenvalue weighted by Crippen LogP contribution is 2.48. The molecular weight excluding hydrogens is 262 g/mol. The van der Waals surface area contributed by atoms with Crippen LogP contribution in [0.2, 0.25) is 0 Å². The minimum Gasteiger partial charge on any atom is -0.347 e. The Balaban J connectivity index is 1.32. The predicted octanol–water partition coefficient (Wildman–Crippen LogP) is 3.57. The zero-order valence-electron chi connectivity index (χ0n) is 13.4. The maximum absolute atomic E-state index is 6.48. The van der Waals surface area contributed by atoms with E-state index in [0.717, 1.165) is 31.4 Å². The van der Waals surface area contributed by atoms with E-state index in [9.17, 15) is 0 Å². The summed E-state index contributed by atoms with van der Waals surface area (Å²) in [5.41, 5.74) is 0. The average Bonchev–Trinajstić information content (AvgIpc) is 2.90. The van der Waals surface area contributed by atoms with Crippen molar-refractivity contribution < 1.29 is 9.47 Å². The van der Waals surface area contributed by atoms with Crippen LogP contribution in [0.15, 0.2) is 0 Å². The van der Waals surface area contributed by atoms with E-state index in [2.05, 4.69) is 4.90 Å². The number of hydrogen-bond donors (Lipinski definition) is 0. The van der Waals surface area contributed by atoms with E-state index in [-0.39, 0.29) is 5.79 Å². The molecule has 120 valence electrons. The Hall–Kier alpha value is -0.120. The van der Waals surface area contributed by atoms with Crippen molar-refractivity contribution >= 4 is 0 Å². The number of nitrogens with zero attached hydrogens (tertiary/aromatic N) is 1. The van der Waals surface area contributed by atoms with Gasteiger partial charge in [-0.05, 0) is 50.6 Å². The SMILES string of the molecule is C1CCN(C[C@H]2CO[C@]3(CC[C@H]4CCCC[C@H]4C3)O2)CC1. The molecule has 0 bridgehead atoms. The number of fused-ring (bicyclic) bond motifs is 1. The van der Waals surface area contributed by atoms with Crippen LogP contribution in [-0.4, -0.2) is 43.0 Å². The molecule has 0 aromatic rings. The summed E-state index contributed by atoms with van der Waals surface area (Å²) in [7, 11) is 0. The molecule has 3 heteroatoms. The fraction of sp³-hybridized carbons (Fsp3) is 1.00. The maximum Gasteiger partial charge on any atom is 0.169 e. The first-order valence-electron chi connectivity index (χ1n) is 9.37. The fourth-order valence-corrected chi connectivity index (χ4v) is 5.21. The Morgan fingerprint density at radius 3 is 2.57 bits per heavy atom. The zero-order chi connectivity index (χ0) is 14.1. The highest BCUT2D eigenvalue weighted by Gasteiger charge is 2.48. The molecule has 0 aromatic heterocycles. The lowest BCUT2D eigenvalue weighted by molar-refractivity contribution is -0.208. The normalized spacial score (nSPS) is 44.9. The van der Waals surface area contributed by atoms with Crippen molar-refractivity contribution in [2.45, 2.75) is 76.1 Å². The van der Waals surface area contributed by atoms with Gasteiger partial charge in [0.15, 0.2) is 5.79 Å². The van der Waals surface area contributed by atoms with Crippen LogP contribution in [0, 0.1) is 11.8 Å². The molecule has 4 rings (SSSR count). The van der Waals surface area contributed by atoms with Crippen molar-refractivity contribution in [2.75, 3.05) is 26.2 Å². The number of likely N-dealkylation sites (tertiary alicyclic amines) is 1. The molecule has 0 radical (unpaired) electrons. The number of hydrogen-bond acceptors (Lipinski definition) is 3. The summed E-state index contributed by atoms with van der Waals surface area (Å²) in [5, 5.41) is 0. The van der Waals surface area contributed by atoms with Crippen molar-refractivity contribution in [3.8, 4) is 0 Å². The van der Waals surface area contributed by atoms with Gasteiger partial charge in [0, 0.05) is 19.4 Å². The third-order valence-corrected chi connectivity index (χ3v) is 6.36. The van der Waals surface area contributed by atoms with E-state index in [1.807, 2.05) is 0 Å². The van der Waals surface area contributed by atoms with Crippen LogP contribution in [0.5, 0.6) is 0 Å². The van der Waals surface area contributed by atoms with Gasteiger partial charge in [0.25, 0.3) is 0 Å². The number of ether oxygens (including phenoxy) is 2. The highest BCUT2D eigenvalue weighted by molar-refractivity contribution is 4.92. The second-order valence-corrected chi connectivity index (χ2v) is 7.87. The molecular formula is C18H31NO2. The van der Waals surface area contributed by atoms with Crippen LogP contribution in [0.4, 0.5) is 0 Å².